The van der Waals surface area contributed by atoms with E-state index in [9.17, 15) is 0 Å². The topological polar surface area (TPSA) is 42.7 Å². The summed E-state index contributed by atoms with van der Waals surface area (Å²) < 4.78 is 2.75. The van der Waals surface area contributed by atoms with Crippen LogP contribution in [-0.2, 0) is 7.05 Å². The Bertz CT molecular complexity index is 313. The van der Waals surface area contributed by atoms with Crippen LogP contribution in [0.4, 0.5) is 0 Å². The highest BCUT2D eigenvalue weighted by Crippen LogP contribution is 2.39. The molecular formula is C10H17BrN4. The van der Waals surface area contributed by atoms with Crippen LogP contribution in [0.5, 0.6) is 0 Å². The third kappa shape index (κ3) is 2.08. The lowest BCUT2D eigenvalue weighted by Crippen LogP contribution is -2.33. The van der Waals surface area contributed by atoms with Gasteiger partial charge in [0.15, 0.2) is 4.60 Å². The van der Waals surface area contributed by atoms with Crippen molar-refractivity contribution < 1.29 is 0 Å². The summed E-state index contributed by atoms with van der Waals surface area (Å²) in [6, 6.07) is 0.401. The second kappa shape index (κ2) is 4.61. The summed E-state index contributed by atoms with van der Waals surface area (Å²) in [5.41, 5.74) is 1.18. The molecule has 0 amide bonds. The van der Waals surface area contributed by atoms with Gasteiger partial charge in [0.1, 0.15) is 0 Å². The summed E-state index contributed by atoms with van der Waals surface area (Å²) in [6.07, 6.45) is 3.99. The minimum atomic E-state index is 0.401. The van der Waals surface area contributed by atoms with Gasteiger partial charge in [0.05, 0.1) is 11.7 Å². The van der Waals surface area contributed by atoms with Gasteiger partial charge >= 0.3 is 0 Å². The van der Waals surface area contributed by atoms with E-state index >= 15 is 0 Å². The fourth-order valence-corrected chi connectivity index (χ4v) is 2.72. The molecule has 0 bridgehead atoms. The van der Waals surface area contributed by atoms with Gasteiger partial charge in [0.25, 0.3) is 0 Å². The van der Waals surface area contributed by atoms with Crippen LogP contribution < -0.4 is 5.32 Å². The molecule has 1 N–H and O–H groups in total. The first-order chi connectivity index (χ1) is 7.24. The first-order valence-corrected chi connectivity index (χ1v) is 6.31. The second-order valence-corrected chi connectivity index (χ2v) is 4.87. The summed E-state index contributed by atoms with van der Waals surface area (Å²) in [5.74, 6) is 0.749. The monoisotopic (exact) mass is 272 g/mol. The molecule has 1 atom stereocenters. The molecule has 84 valence electrons. The lowest BCUT2D eigenvalue weighted by molar-refractivity contribution is 0.225. The largest absolute Gasteiger partial charge is 0.309 e. The van der Waals surface area contributed by atoms with Crippen molar-refractivity contribution in [3.8, 4) is 0 Å². The van der Waals surface area contributed by atoms with E-state index < -0.39 is 0 Å². The first kappa shape index (κ1) is 11.1. The minimum Gasteiger partial charge on any atom is -0.309 e. The van der Waals surface area contributed by atoms with Gasteiger partial charge in [-0.1, -0.05) is 18.6 Å². The van der Waals surface area contributed by atoms with Crippen molar-refractivity contribution in [2.24, 2.45) is 13.0 Å². The summed E-state index contributed by atoms with van der Waals surface area (Å²) >= 11 is 3.47. The van der Waals surface area contributed by atoms with Gasteiger partial charge in [0, 0.05) is 7.05 Å². The van der Waals surface area contributed by atoms with Gasteiger partial charge in [-0.25, -0.2) is 4.68 Å². The van der Waals surface area contributed by atoms with Crippen LogP contribution in [0.25, 0.3) is 0 Å². The van der Waals surface area contributed by atoms with Crippen molar-refractivity contribution in [1.29, 1.82) is 0 Å². The van der Waals surface area contributed by atoms with Crippen LogP contribution in [0.3, 0.4) is 0 Å². The van der Waals surface area contributed by atoms with Crippen molar-refractivity contribution in [3.63, 3.8) is 0 Å². The molecule has 1 unspecified atom stereocenters. The molecule has 1 heterocycles. The zero-order valence-corrected chi connectivity index (χ0v) is 10.8. The molecular weight excluding hydrogens is 256 g/mol. The molecule has 1 fully saturated rings. The Balaban J connectivity index is 2.22. The molecule has 5 heteroatoms. The normalized spacial score (nSPS) is 18.9. The molecule has 1 aromatic rings. The van der Waals surface area contributed by atoms with E-state index in [2.05, 4.69) is 38.5 Å². The molecule has 0 radical (unpaired) electrons. The average molecular weight is 273 g/mol. The Labute approximate surface area is 98.6 Å². The van der Waals surface area contributed by atoms with Crippen LogP contribution in [0.2, 0.25) is 0 Å². The number of rotatable bonds is 4. The Kier molecular flexibility index (Phi) is 3.41. The van der Waals surface area contributed by atoms with Crippen molar-refractivity contribution in [2.45, 2.75) is 32.2 Å². The molecule has 0 spiro atoms. The average Bonchev–Trinajstić information content (AvgIpc) is 2.43. The first-order valence-electron chi connectivity index (χ1n) is 5.52. The molecule has 0 aromatic carbocycles. The SMILES string of the molecule is CCNC(c1c(Br)nnn1C)C1CCC1. The maximum absolute atomic E-state index is 4.05. The van der Waals surface area contributed by atoms with E-state index in [0.717, 1.165) is 17.1 Å². The third-order valence-electron chi connectivity index (χ3n) is 3.17. The highest BCUT2D eigenvalue weighted by molar-refractivity contribution is 9.10. The van der Waals surface area contributed by atoms with Crippen molar-refractivity contribution in [1.82, 2.24) is 20.3 Å². The Morgan fingerprint density at radius 3 is 2.73 bits per heavy atom. The van der Waals surface area contributed by atoms with E-state index in [1.807, 2.05) is 11.7 Å². The van der Waals surface area contributed by atoms with Crippen molar-refractivity contribution in [3.05, 3.63) is 10.3 Å². The fraction of sp³-hybridized carbons (Fsp3) is 0.800. The van der Waals surface area contributed by atoms with Gasteiger partial charge in [-0.3, -0.25) is 0 Å². The Hall–Kier alpha value is -0.420. The van der Waals surface area contributed by atoms with Crippen LogP contribution in [0, 0.1) is 5.92 Å². The highest BCUT2D eigenvalue weighted by atomic mass is 79.9. The molecule has 1 aliphatic rings. The van der Waals surface area contributed by atoms with Gasteiger partial charge < -0.3 is 5.32 Å². The van der Waals surface area contributed by atoms with Gasteiger partial charge in [-0.15, -0.1) is 5.10 Å². The number of hydrogen-bond acceptors (Lipinski definition) is 3. The molecule has 15 heavy (non-hydrogen) atoms. The van der Waals surface area contributed by atoms with Crippen LogP contribution in [0.15, 0.2) is 4.60 Å². The predicted octanol–water partition coefficient (Wildman–Crippen LogP) is 2.03. The summed E-state index contributed by atoms with van der Waals surface area (Å²) in [6.45, 7) is 3.13. The van der Waals surface area contributed by atoms with Gasteiger partial charge in [-0.05, 0) is 41.2 Å². The van der Waals surface area contributed by atoms with Crippen molar-refractivity contribution >= 4 is 15.9 Å². The number of nitrogens with zero attached hydrogens (tertiary/aromatic N) is 3. The zero-order valence-electron chi connectivity index (χ0n) is 9.20. The zero-order chi connectivity index (χ0) is 10.8. The third-order valence-corrected chi connectivity index (χ3v) is 3.73. The highest BCUT2D eigenvalue weighted by Gasteiger charge is 2.31. The number of aromatic nitrogens is 3. The predicted molar refractivity (Wildman–Crippen MR) is 62.5 cm³/mol. The molecule has 0 saturated heterocycles. The van der Waals surface area contributed by atoms with E-state index in [4.69, 9.17) is 0 Å². The van der Waals surface area contributed by atoms with Crippen LogP contribution in [-0.4, -0.2) is 21.5 Å². The Morgan fingerprint density at radius 1 is 1.60 bits per heavy atom. The van der Waals surface area contributed by atoms with Crippen molar-refractivity contribution in [2.75, 3.05) is 6.54 Å². The molecule has 0 aliphatic heterocycles. The summed E-state index contributed by atoms with van der Waals surface area (Å²) in [7, 11) is 1.95. The fourth-order valence-electron chi connectivity index (χ4n) is 2.15. The maximum Gasteiger partial charge on any atom is 0.153 e. The van der Waals surface area contributed by atoms with Gasteiger partial charge in [0.2, 0.25) is 0 Å². The van der Waals surface area contributed by atoms with E-state index in [0.29, 0.717) is 6.04 Å². The van der Waals surface area contributed by atoms with Crippen LogP contribution in [0.1, 0.15) is 37.9 Å². The van der Waals surface area contributed by atoms with E-state index in [1.54, 1.807) is 0 Å². The smallest absolute Gasteiger partial charge is 0.153 e. The van der Waals surface area contributed by atoms with E-state index in [-0.39, 0.29) is 0 Å². The number of aryl methyl sites for hydroxylation is 1. The summed E-state index contributed by atoms with van der Waals surface area (Å²) in [5, 5.41) is 11.6. The lowest BCUT2D eigenvalue weighted by atomic mass is 9.78. The second-order valence-electron chi connectivity index (χ2n) is 4.12. The maximum atomic E-state index is 4.05. The molecule has 1 saturated carbocycles. The number of nitrogens with one attached hydrogen (secondary N) is 1. The Morgan fingerprint density at radius 2 is 2.33 bits per heavy atom. The quantitative estimate of drug-likeness (QED) is 0.912. The number of halogens is 1. The molecule has 1 aliphatic carbocycles. The lowest BCUT2D eigenvalue weighted by Gasteiger charge is -2.34. The van der Waals surface area contributed by atoms with Crippen LogP contribution >= 0.6 is 15.9 Å². The standard InChI is InChI=1S/C10H17BrN4/c1-3-12-8(7-5-4-6-7)9-10(11)13-14-15(9)2/h7-8,12H,3-6H2,1-2H3. The minimum absolute atomic E-state index is 0.401. The number of hydrogen-bond donors (Lipinski definition) is 1. The molecule has 4 nitrogen and oxygen atoms in total. The summed E-state index contributed by atoms with van der Waals surface area (Å²) in [4.78, 5) is 0. The van der Waals surface area contributed by atoms with Gasteiger partial charge in [-0.2, -0.15) is 0 Å². The molecule has 2 rings (SSSR count). The van der Waals surface area contributed by atoms with E-state index in [1.165, 1.54) is 25.0 Å². The molecule has 1 aromatic heterocycles.